The SMILES string of the molecule is CN=C(NCCC(=O)Nc1ccc(C)cn1)NCC1CN(CC(C)C)CCO1. The van der Waals surface area contributed by atoms with Crippen molar-refractivity contribution in [3.8, 4) is 0 Å². The summed E-state index contributed by atoms with van der Waals surface area (Å²) in [6.07, 6.45) is 2.20. The fourth-order valence-electron chi connectivity index (χ4n) is 3.06. The molecule has 28 heavy (non-hydrogen) atoms. The number of hydrogen-bond acceptors (Lipinski definition) is 5. The van der Waals surface area contributed by atoms with E-state index >= 15 is 0 Å². The highest BCUT2D eigenvalue weighted by Gasteiger charge is 2.21. The average molecular weight is 391 g/mol. The van der Waals surface area contributed by atoms with Gasteiger partial charge in [0.05, 0.1) is 12.7 Å². The summed E-state index contributed by atoms with van der Waals surface area (Å²) in [5.41, 5.74) is 1.06. The largest absolute Gasteiger partial charge is 0.374 e. The molecular formula is C20H34N6O2. The Hall–Kier alpha value is -2.19. The van der Waals surface area contributed by atoms with E-state index in [1.807, 2.05) is 13.0 Å². The first-order chi connectivity index (χ1) is 13.5. The van der Waals surface area contributed by atoms with Gasteiger partial charge in [0, 0.05) is 52.4 Å². The molecule has 1 amide bonds. The van der Waals surface area contributed by atoms with Gasteiger partial charge in [-0.25, -0.2) is 4.98 Å². The number of aliphatic imine (C=N–C) groups is 1. The Kier molecular flexibility index (Phi) is 9.16. The number of nitrogens with zero attached hydrogens (tertiary/aromatic N) is 3. The summed E-state index contributed by atoms with van der Waals surface area (Å²) in [5.74, 6) is 1.81. The van der Waals surface area contributed by atoms with Crippen LogP contribution in [-0.4, -0.2) is 74.2 Å². The summed E-state index contributed by atoms with van der Waals surface area (Å²) in [4.78, 5) is 22.9. The van der Waals surface area contributed by atoms with Gasteiger partial charge in [-0.05, 0) is 24.5 Å². The van der Waals surface area contributed by atoms with Gasteiger partial charge in [0.1, 0.15) is 5.82 Å². The molecule has 2 heterocycles. The second-order valence-electron chi connectivity index (χ2n) is 7.55. The number of aromatic nitrogens is 1. The van der Waals surface area contributed by atoms with Crippen molar-refractivity contribution in [1.29, 1.82) is 0 Å². The molecule has 8 heteroatoms. The van der Waals surface area contributed by atoms with Crippen molar-refractivity contribution in [2.24, 2.45) is 10.9 Å². The Bertz CT molecular complexity index is 632. The molecule has 1 unspecified atom stereocenters. The number of carbonyl (C=O) groups is 1. The molecular weight excluding hydrogens is 356 g/mol. The third kappa shape index (κ3) is 8.22. The fraction of sp³-hybridized carbons (Fsp3) is 0.650. The zero-order chi connectivity index (χ0) is 20.4. The number of rotatable bonds is 8. The van der Waals surface area contributed by atoms with Crippen LogP contribution in [-0.2, 0) is 9.53 Å². The van der Waals surface area contributed by atoms with Crippen molar-refractivity contribution in [3.05, 3.63) is 23.9 Å². The van der Waals surface area contributed by atoms with E-state index in [9.17, 15) is 4.79 Å². The lowest BCUT2D eigenvalue weighted by Gasteiger charge is -2.34. The Morgan fingerprint density at radius 1 is 1.39 bits per heavy atom. The highest BCUT2D eigenvalue weighted by Crippen LogP contribution is 2.07. The van der Waals surface area contributed by atoms with Gasteiger partial charge in [-0.1, -0.05) is 19.9 Å². The van der Waals surface area contributed by atoms with Gasteiger partial charge in [-0.3, -0.25) is 14.7 Å². The van der Waals surface area contributed by atoms with Crippen LogP contribution in [0.4, 0.5) is 5.82 Å². The standard InChI is InChI=1S/C20H34N6O2/c1-15(2)13-26-9-10-28-17(14-26)12-24-20(21-4)22-8-7-19(27)25-18-6-5-16(3)11-23-18/h5-6,11,15,17H,7-10,12-14H2,1-4H3,(H2,21,22,24)(H,23,25,27). The summed E-state index contributed by atoms with van der Waals surface area (Å²) in [7, 11) is 1.72. The zero-order valence-electron chi connectivity index (χ0n) is 17.5. The highest BCUT2D eigenvalue weighted by molar-refractivity contribution is 5.90. The number of morpholine rings is 1. The predicted octanol–water partition coefficient (Wildman–Crippen LogP) is 1.24. The summed E-state index contributed by atoms with van der Waals surface area (Å²) < 4.78 is 5.84. The average Bonchev–Trinajstić information content (AvgIpc) is 2.66. The predicted molar refractivity (Wildman–Crippen MR) is 113 cm³/mol. The molecule has 0 radical (unpaired) electrons. The van der Waals surface area contributed by atoms with E-state index in [0.717, 1.165) is 31.8 Å². The van der Waals surface area contributed by atoms with E-state index in [0.29, 0.717) is 37.2 Å². The van der Waals surface area contributed by atoms with E-state index in [-0.39, 0.29) is 12.0 Å². The lowest BCUT2D eigenvalue weighted by atomic mass is 10.2. The van der Waals surface area contributed by atoms with Crippen LogP contribution in [0.25, 0.3) is 0 Å². The molecule has 1 aliphatic heterocycles. The van der Waals surface area contributed by atoms with Gasteiger partial charge in [0.15, 0.2) is 5.96 Å². The minimum absolute atomic E-state index is 0.0840. The van der Waals surface area contributed by atoms with Crippen molar-refractivity contribution < 1.29 is 9.53 Å². The molecule has 0 aromatic carbocycles. The molecule has 1 atom stereocenters. The monoisotopic (exact) mass is 390 g/mol. The van der Waals surface area contributed by atoms with Crippen molar-refractivity contribution in [3.63, 3.8) is 0 Å². The maximum Gasteiger partial charge on any atom is 0.227 e. The number of pyridine rings is 1. The molecule has 0 bridgehead atoms. The minimum atomic E-state index is -0.0840. The van der Waals surface area contributed by atoms with Crippen molar-refractivity contribution in [2.45, 2.75) is 33.3 Å². The normalized spacial score (nSPS) is 18.2. The second kappa shape index (κ2) is 11.6. The number of anilines is 1. The van der Waals surface area contributed by atoms with Crippen LogP contribution in [0.2, 0.25) is 0 Å². The van der Waals surface area contributed by atoms with E-state index in [2.05, 4.69) is 44.7 Å². The van der Waals surface area contributed by atoms with E-state index in [4.69, 9.17) is 4.74 Å². The molecule has 8 nitrogen and oxygen atoms in total. The maximum atomic E-state index is 12.0. The molecule has 0 saturated carbocycles. The first-order valence-corrected chi connectivity index (χ1v) is 9.97. The Labute approximate surface area is 168 Å². The van der Waals surface area contributed by atoms with Crippen molar-refractivity contribution in [1.82, 2.24) is 20.5 Å². The molecule has 1 aliphatic rings. The summed E-state index contributed by atoms with van der Waals surface area (Å²) in [6.45, 7) is 11.4. The quantitative estimate of drug-likeness (QED) is 0.457. The molecule has 0 spiro atoms. The van der Waals surface area contributed by atoms with Gasteiger partial charge in [-0.2, -0.15) is 0 Å². The van der Waals surface area contributed by atoms with Crippen LogP contribution in [0.15, 0.2) is 23.3 Å². The van der Waals surface area contributed by atoms with Crippen LogP contribution in [0.3, 0.4) is 0 Å². The Balaban J connectivity index is 1.65. The fourth-order valence-corrected chi connectivity index (χ4v) is 3.06. The van der Waals surface area contributed by atoms with Crippen molar-refractivity contribution in [2.75, 3.05) is 51.7 Å². The molecule has 1 aromatic rings. The lowest BCUT2D eigenvalue weighted by molar-refractivity contribution is -0.116. The van der Waals surface area contributed by atoms with Crippen LogP contribution in [0.5, 0.6) is 0 Å². The number of ether oxygens (including phenoxy) is 1. The second-order valence-corrected chi connectivity index (χ2v) is 7.55. The van der Waals surface area contributed by atoms with Crippen molar-refractivity contribution >= 4 is 17.7 Å². The van der Waals surface area contributed by atoms with E-state index in [1.165, 1.54) is 0 Å². The number of aryl methyl sites for hydroxylation is 1. The Morgan fingerprint density at radius 2 is 2.21 bits per heavy atom. The summed E-state index contributed by atoms with van der Waals surface area (Å²) >= 11 is 0. The Morgan fingerprint density at radius 3 is 2.89 bits per heavy atom. The molecule has 1 saturated heterocycles. The minimum Gasteiger partial charge on any atom is -0.374 e. The number of carbonyl (C=O) groups excluding carboxylic acids is 1. The van der Waals surface area contributed by atoms with Crippen LogP contribution in [0, 0.1) is 12.8 Å². The molecule has 2 rings (SSSR count). The number of guanidine groups is 1. The van der Waals surface area contributed by atoms with Crippen LogP contribution >= 0.6 is 0 Å². The third-order valence-electron chi connectivity index (χ3n) is 4.39. The van der Waals surface area contributed by atoms with Gasteiger partial charge >= 0.3 is 0 Å². The van der Waals surface area contributed by atoms with E-state index < -0.39 is 0 Å². The molecule has 1 fully saturated rings. The lowest BCUT2D eigenvalue weighted by Crippen LogP contribution is -2.50. The highest BCUT2D eigenvalue weighted by atomic mass is 16.5. The molecule has 0 aliphatic carbocycles. The summed E-state index contributed by atoms with van der Waals surface area (Å²) in [5, 5.41) is 9.24. The smallest absolute Gasteiger partial charge is 0.227 e. The summed E-state index contributed by atoms with van der Waals surface area (Å²) in [6, 6.07) is 3.72. The topological polar surface area (TPSA) is 90.9 Å². The number of nitrogens with one attached hydrogen (secondary N) is 3. The first-order valence-electron chi connectivity index (χ1n) is 9.97. The van der Waals surface area contributed by atoms with Gasteiger partial charge in [-0.15, -0.1) is 0 Å². The first kappa shape index (κ1) is 22.1. The van der Waals surface area contributed by atoms with E-state index in [1.54, 1.807) is 19.3 Å². The number of hydrogen-bond donors (Lipinski definition) is 3. The molecule has 156 valence electrons. The maximum absolute atomic E-state index is 12.0. The molecule has 1 aromatic heterocycles. The zero-order valence-corrected chi connectivity index (χ0v) is 17.5. The third-order valence-corrected chi connectivity index (χ3v) is 4.39. The van der Waals surface area contributed by atoms with Gasteiger partial charge in [0.25, 0.3) is 0 Å². The van der Waals surface area contributed by atoms with Crippen LogP contribution < -0.4 is 16.0 Å². The number of amides is 1. The molecule has 3 N–H and O–H groups in total. The van der Waals surface area contributed by atoms with Gasteiger partial charge < -0.3 is 20.7 Å². The van der Waals surface area contributed by atoms with Gasteiger partial charge in [0.2, 0.25) is 5.91 Å². The van der Waals surface area contributed by atoms with Crippen LogP contribution in [0.1, 0.15) is 25.8 Å².